The number of ether oxygens (including phenoxy) is 1. The average molecular weight is 543 g/mol. The summed E-state index contributed by atoms with van der Waals surface area (Å²) >= 11 is 12.8. The van der Waals surface area contributed by atoms with E-state index in [4.69, 9.17) is 32.9 Å². The zero-order valence-corrected chi connectivity index (χ0v) is 22.3. The first-order valence-corrected chi connectivity index (χ1v) is 13.0. The van der Waals surface area contributed by atoms with Gasteiger partial charge in [-0.2, -0.15) is 5.10 Å². The van der Waals surface area contributed by atoms with Gasteiger partial charge in [-0.3, -0.25) is 9.89 Å². The summed E-state index contributed by atoms with van der Waals surface area (Å²) in [6.45, 7) is 3.99. The summed E-state index contributed by atoms with van der Waals surface area (Å²) < 4.78 is 6.36. The number of fused-ring (bicyclic) bond motifs is 2. The molecule has 1 aliphatic heterocycles. The molecular weight excluding hydrogens is 519 g/mol. The van der Waals surface area contributed by atoms with Gasteiger partial charge in [-0.25, -0.2) is 4.98 Å². The molecule has 5 aromatic rings. The van der Waals surface area contributed by atoms with E-state index in [1.54, 1.807) is 12.3 Å². The molecule has 6 rings (SSSR count). The lowest BCUT2D eigenvalue weighted by molar-refractivity contribution is 0.0572. The van der Waals surface area contributed by atoms with Crippen LogP contribution in [0.2, 0.25) is 10.0 Å². The third-order valence-corrected chi connectivity index (χ3v) is 7.33. The van der Waals surface area contributed by atoms with Crippen molar-refractivity contribution in [2.75, 3.05) is 0 Å². The molecule has 0 saturated heterocycles. The SMILES string of the molecule is CC1(C)C[C@@H](NC(=O)c2ccc3[nH]ncc3c2)c2cc(-c3ccc(Cl)cc3)c(-c3ccccc3Cl)nc2O1. The number of H-pyrrole nitrogens is 1. The average Bonchev–Trinajstić information content (AvgIpc) is 3.36. The molecule has 1 aliphatic rings. The van der Waals surface area contributed by atoms with Gasteiger partial charge >= 0.3 is 0 Å². The Bertz CT molecular complexity index is 1680. The molecule has 6 nitrogen and oxygen atoms in total. The number of carbonyl (C=O) groups is 1. The fourth-order valence-corrected chi connectivity index (χ4v) is 5.26. The second-order valence-corrected chi connectivity index (χ2v) is 10.9. The molecule has 0 radical (unpaired) electrons. The van der Waals surface area contributed by atoms with E-state index in [9.17, 15) is 4.79 Å². The molecule has 0 saturated carbocycles. The molecule has 2 aromatic heterocycles. The van der Waals surface area contributed by atoms with Crippen LogP contribution in [0.5, 0.6) is 5.88 Å². The standard InChI is InChI=1S/C30H24Cl2N4O2/c1-30(2)15-26(34-28(37)18-9-12-25-19(13-18)16-33-36-25)23-14-22(17-7-10-20(31)11-8-17)27(35-29(23)38-30)21-5-3-4-6-24(21)32/h3-14,16,26H,15H2,1-2H3,(H,33,36)(H,34,37)/t26-/m1/s1. The summed E-state index contributed by atoms with van der Waals surface area (Å²) in [7, 11) is 0. The van der Waals surface area contributed by atoms with Gasteiger partial charge in [0, 0.05) is 44.1 Å². The summed E-state index contributed by atoms with van der Waals surface area (Å²) in [5.41, 5.74) is 4.99. The Morgan fingerprint density at radius 1 is 1.03 bits per heavy atom. The highest BCUT2D eigenvalue weighted by molar-refractivity contribution is 6.33. The first-order chi connectivity index (χ1) is 18.3. The Morgan fingerprint density at radius 2 is 1.82 bits per heavy atom. The quantitative estimate of drug-likeness (QED) is 0.244. The number of hydrogen-bond acceptors (Lipinski definition) is 4. The van der Waals surface area contributed by atoms with Gasteiger partial charge in [-0.05, 0) is 61.9 Å². The lowest BCUT2D eigenvalue weighted by Crippen LogP contribution is -2.41. The van der Waals surface area contributed by atoms with Crippen LogP contribution in [0.25, 0.3) is 33.3 Å². The number of halogens is 2. The van der Waals surface area contributed by atoms with Crippen LogP contribution in [0.3, 0.4) is 0 Å². The van der Waals surface area contributed by atoms with E-state index >= 15 is 0 Å². The number of aromatic amines is 1. The van der Waals surface area contributed by atoms with E-state index in [1.165, 1.54) is 0 Å². The summed E-state index contributed by atoms with van der Waals surface area (Å²) in [6.07, 6.45) is 2.28. The number of aromatic nitrogens is 3. The molecule has 0 fully saturated rings. The minimum Gasteiger partial charge on any atom is -0.471 e. The molecule has 2 N–H and O–H groups in total. The molecule has 0 bridgehead atoms. The number of pyridine rings is 1. The van der Waals surface area contributed by atoms with Gasteiger partial charge in [0.05, 0.1) is 23.4 Å². The van der Waals surface area contributed by atoms with Gasteiger partial charge in [-0.1, -0.05) is 53.5 Å². The van der Waals surface area contributed by atoms with Gasteiger partial charge < -0.3 is 10.1 Å². The molecule has 0 spiro atoms. The Balaban J connectivity index is 1.47. The molecule has 3 aromatic carbocycles. The van der Waals surface area contributed by atoms with Crippen LogP contribution in [-0.4, -0.2) is 26.7 Å². The number of hydrogen-bond donors (Lipinski definition) is 2. The molecule has 0 unspecified atom stereocenters. The van der Waals surface area contributed by atoms with Crippen LogP contribution in [0.1, 0.15) is 42.2 Å². The van der Waals surface area contributed by atoms with Crippen LogP contribution < -0.4 is 10.1 Å². The fraction of sp³-hybridized carbons (Fsp3) is 0.167. The minimum absolute atomic E-state index is 0.176. The molecule has 8 heteroatoms. The number of amides is 1. The van der Waals surface area contributed by atoms with Crippen molar-refractivity contribution >= 4 is 40.0 Å². The van der Waals surface area contributed by atoms with Gasteiger partial charge in [0.1, 0.15) is 5.60 Å². The van der Waals surface area contributed by atoms with Crippen molar-refractivity contribution in [3.8, 4) is 28.3 Å². The van der Waals surface area contributed by atoms with Crippen molar-refractivity contribution in [3.05, 3.63) is 100 Å². The Morgan fingerprint density at radius 3 is 2.61 bits per heavy atom. The van der Waals surface area contributed by atoms with E-state index in [0.29, 0.717) is 33.6 Å². The van der Waals surface area contributed by atoms with Gasteiger partial charge in [0.25, 0.3) is 5.91 Å². The van der Waals surface area contributed by atoms with Crippen LogP contribution in [0.15, 0.2) is 79.0 Å². The van der Waals surface area contributed by atoms with Crippen LogP contribution in [0, 0.1) is 0 Å². The first kappa shape index (κ1) is 24.5. The van der Waals surface area contributed by atoms with Crippen molar-refractivity contribution in [2.45, 2.75) is 31.9 Å². The van der Waals surface area contributed by atoms with Crippen molar-refractivity contribution in [3.63, 3.8) is 0 Å². The van der Waals surface area contributed by atoms with E-state index in [0.717, 1.165) is 33.2 Å². The largest absolute Gasteiger partial charge is 0.471 e. The normalized spacial score (nSPS) is 16.1. The third kappa shape index (κ3) is 4.62. The van der Waals surface area contributed by atoms with Gasteiger partial charge in [-0.15, -0.1) is 0 Å². The highest BCUT2D eigenvalue weighted by Crippen LogP contribution is 2.44. The molecule has 3 heterocycles. The summed E-state index contributed by atoms with van der Waals surface area (Å²) in [5.74, 6) is 0.300. The lowest BCUT2D eigenvalue weighted by atomic mass is 9.88. The van der Waals surface area contributed by atoms with Crippen LogP contribution in [0.4, 0.5) is 0 Å². The zero-order chi connectivity index (χ0) is 26.4. The smallest absolute Gasteiger partial charge is 0.251 e. The van der Waals surface area contributed by atoms with E-state index < -0.39 is 5.60 Å². The molecule has 38 heavy (non-hydrogen) atoms. The summed E-state index contributed by atoms with van der Waals surface area (Å²) in [4.78, 5) is 18.4. The van der Waals surface area contributed by atoms with Gasteiger partial charge in [0.15, 0.2) is 0 Å². The van der Waals surface area contributed by atoms with E-state index in [1.807, 2.05) is 80.6 Å². The minimum atomic E-state index is -0.550. The molecule has 190 valence electrons. The van der Waals surface area contributed by atoms with Crippen molar-refractivity contribution in [2.24, 2.45) is 0 Å². The predicted octanol–water partition coefficient (Wildman–Crippen LogP) is 7.63. The second kappa shape index (κ2) is 9.46. The lowest BCUT2D eigenvalue weighted by Gasteiger charge is -2.37. The Labute approximate surface area is 230 Å². The Kier molecular flexibility index (Phi) is 6.09. The Hall–Kier alpha value is -3.87. The maximum absolute atomic E-state index is 13.4. The maximum Gasteiger partial charge on any atom is 0.251 e. The van der Waals surface area contributed by atoms with Crippen LogP contribution >= 0.6 is 23.2 Å². The number of rotatable bonds is 4. The van der Waals surface area contributed by atoms with Gasteiger partial charge in [0.2, 0.25) is 5.88 Å². The molecule has 1 amide bonds. The number of benzene rings is 3. The zero-order valence-electron chi connectivity index (χ0n) is 20.8. The van der Waals surface area contributed by atoms with E-state index in [2.05, 4.69) is 15.5 Å². The van der Waals surface area contributed by atoms with Crippen molar-refractivity contribution in [1.82, 2.24) is 20.5 Å². The topological polar surface area (TPSA) is 79.9 Å². The molecule has 0 aliphatic carbocycles. The molecular formula is C30H24Cl2N4O2. The highest BCUT2D eigenvalue weighted by atomic mass is 35.5. The first-order valence-electron chi connectivity index (χ1n) is 12.3. The second-order valence-electron chi connectivity index (χ2n) is 10.0. The monoisotopic (exact) mass is 542 g/mol. The van der Waals surface area contributed by atoms with E-state index in [-0.39, 0.29) is 11.9 Å². The number of nitrogens with one attached hydrogen (secondary N) is 2. The van der Waals surface area contributed by atoms with Crippen LogP contribution in [-0.2, 0) is 0 Å². The maximum atomic E-state index is 13.4. The van der Waals surface area contributed by atoms with Crippen molar-refractivity contribution in [1.29, 1.82) is 0 Å². The summed E-state index contributed by atoms with van der Waals surface area (Å²) in [6, 6.07) is 22.4. The predicted molar refractivity (Wildman–Crippen MR) is 151 cm³/mol. The van der Waals surface area contributed by atoms with Crippen molar-refractivity contribution < 1.29 is 9.53 Å². The number of carbonyl (C=O) groups excluding carboxylic acids is 1. The fourth-order valence-electron chi connectivity index (χ4n) is 4.91. The summed E-state index contributed by atoms with van der Waals surface area (Å²) in [5, 5.41) is 12.3. The third-order valence-electron chi connectivity index (χ3n) is 6.75. The highest BCUT2D eigenvalue weighted by Gasteiger charge is 2.37. The number of nitrogens with zero attached hydrogens (tertiary/aromatic N) is 2. The molecule has 1 atom stereocenters.